The zero-order valence-electron chi connectivity index (χ0n) is 10.7. The number of hydrogen-bond acceptors (Lipinski definition) is 2. The average Bonchev–Trinajstić information content (AvgIpc) is 2.30. The molecule has 1 N–H and O–H groups in total. The van der Waals surface area contributed by atoms with Crippen LogP contribution in [0.15, 0.2) is 28.7 Å². The molecular formula is C14H22BrNO. The first-order chi connectivity index (χ1) is 8.20. The molecule has 0 fully saturated rings. The van der Waals surface area contributed by atoms with Gasteiger partial charge in [0, 0.05) is 6.04 Å². The molecule has 0 spiro atoms. The van der Waals surface area contributed by atoms with Gasteiger partial charge in [-0.15, -0.1) is 0 Å². The number of ether oxygens (including phenoxy) is 1. The van der Waals surface area contributed by atoms with Gasteiger partial charge in [-0.2, -0.15) is 0 Å². The molecule has 0 saturated heterocycles. The zero-order valence-corrected chi connectivity index (χ0v) is 12.3. The summed E-state index contributed by atoms with van der Waals surface area (Å²) in [5.41, 5.74) is 0. The van der Waals surface area contributed by atoms with E-state index in [9.17, 15) is 0 Å². The van der Waals surface area contributed by atoms with Crippen molar-refractivity contribution in [3.8, 4) is 5.75 Å². The molecule has 2 nitrogen and oxygen atoms in total. The fraction of sp³-hybridized carbons (Fsp3) is 0.571. The van der Waals surface area contributed by atoms with Crippen LogP contribution < -0.4 is 10.1 Å². The Morgan fingerprint density at radius 1 is 1.18 bits per heavy atom. The minimum Gasteiger partial charge on any atom is -0.492 e. The van der Waals surface area contributed by atoms with E-state index < -0.39 is 0 Å². The van der Waals surface area contributed by atoms with Crippen molar-refractivity contribution in [2.24, 2.45) is 0 Å². The van der Waals surface area contributed by atoms with Gasteiger partial charge >= 0.3 is 0 Å². The first kappa shape index (κ1) is 14.5. The molecule has 0 aliphatic heterocycles. The summed E-state index contributed by atoms with van der Waals surface area (Å²) in [6.45, 7) is 6.25. The lowest BCUT2D eigenvalue weighted by molar-refractivity contribution is 0.303. The molecule has 17 heavy (non-hydrogen) atoms. The number of hydrogen-bond donors (Lipinski definition) is 1. The van der Waals surface area contributed by atoms with Crippen molar-refractivity contribution >= 4 is 15.9 Å². The lowest BCUT2D eigenvalue weighted by atomic mass is 10.2. The molecule has 0 radical (unpaired) electrons. The van der Waals surface area contributed by atoms with Crippen LogP contribution in [0.5, 0.6) is 5.75 Å². The minimum atomic E-state index is 0.589. The average molecular weight is 300 g/mol. The molecule has 1 rings (SSSR count). The molecule has 96 valence electrons. The first-order valence-corrected chi connectivity index (χ1v) is 7.10. The smallest absolute Gasteiger partial charge is 0.133 e. The van der Waals surface area contributed by atoms with E-state index in [2.05, 4.69) is 35.1 Å². The molecule has 1 aromatic carbocycles. The maximum atomic E-state index is 5.70. The Hall–Kier alpha value is -0.540. The predicted molar refractivity (Wildman–Crippen MR) is 76.6 cm³/mol. The predicted octanol–water partition coefficient (Wildman–Crippen LogP) is 4.00. The van der Waals surface area contributed by atoms with Gasteiger partial charge in [-0.05, 0) is 53.9 Å². The van der Waals surface area contributed by atoms with E-state index >= 15 is 0 Å². The number of para-hydroxylation sites is 1. The molecule has 0 saturated carbocycles. The second-order valence-corrected chi connectivity index (χ2v) is 5.30. The molecule has 0 aliphatic carbocycles. The maximum Gasteiger partial charge on any atom is 0.133 e. The molecule has 0 amide bonds. The van der Waals surface area contributed by atoms with Gasteiger partial charge in [0.25, 0.3) is 0 Å². The highest BCUT2D eigenvalue weighted by atomic mass is 79.9. The van der Waals surface area contributed by atoms with Crippen molar-refractivity contribution in [1.29, 1.82) is 0 Å². The topological polar surface area (TPSA) is 21.3 Å². The lowest BCUT2D eigenvalue weighted by Gasteiger charge is -2.09. The highest BCUT2D eigenvalue weighted by molar-refractivity contribution is 9.10. The SMILES string of the molecule is CC(C)NCCCCCOc1ccccc1Br. The van der Waals surface area contributed by atoms with Crippen molar-refractivity contribution in [3.63, 3.8) is 0 Å². The normalized spacial score (nSPS) is 10.8. The van der Waals surface area contributed by atoms with Crippen LogP contribution in [0.3, 0.4) is 0 Å². The van der Waals surface area contributed by atoms with E-state index in [-0.39, 0.29) is 0 Å². The van der Waals surface area contributed by atoms with Crippen molar-refractivity contribution in [1.82, 2.24) is 5.32 Å². The standard InChI is InChI=1S/C14H22BrNO/c1-12(2)16-10-6-3-7-11-17-14-9-5-4-8-13(14)15/h4-5,8-9,12,16H,3,6-7,10-11H2,1-2H3. The Labute approximate surface area is 113 Å². The van der Waals surface area contributed by atoms with Gasteiger partial charge in [-0.25, -0.2) is 0 Å². The Morgan fingerprint density at radius 3 is 2.65 bits per heavy atom. The van der Waals surface area contributed by atoms with Crippen molar-refractivity contribution in [2.75, 3.05) is 13.2 Å². The molecule has 0 atom stereocenters. The Balaban J connectivity index is 2.03. The maximum absolute atomic E-state index is 5.70. The summed E-state index contributed by atoms with van der Waals surface area (Å²) in [6.07, 6.45) is 3.54. The number of nitrogens with one attached hydrogen (secondary N) is 1. The fourth-order valence-electron chi connectivity index (χ4n) is 1.54. The summed E-state index contributed by atoms with van der Waals surface area (Å²) in [5.74, 6) is 0.938. The molecule has 3 heteroatoms. The highest BCUT2D eigenvalue weighted by Gasteiger charge is 1.98. The third-order valence-electron chi connectivity index (χ3n) is 2.47. The van der Waals surface area contributed by atoms with E-state index in [1.54, 1.807) is 0 Å². The second kappa shape index (κ2) is 8.54. The molecule has 0 aromatic heterocycles. The van der Waals surface area contributed by atoms with Gasteiger partial charge in [-0.3, -0.25) is 0 Å². The Morgan fingerprint density at radius 2 is 1.94 bits per heavy atom. The summed E-state index contributed by atoms with van der Waals surface area (Å²) in [7, 11) is 0. The Kier molecular flexibility index (Phi) is 7.29. The number of benzene rings is 1. The van der Waals surface area contributed by atoms with Gasteiger partial charge in [0.1, 0.15) is 5.75 Å². The second-order valence-electron chi connectivity index (χ2n) is 4.45. The van der Waals surface area contributed by atoms with Crippen LogP contribution in [0.4, 0.5) is 0 Å². The number of unbranched alkanes of at least 4 members (excludes halogenated alkanes) is 2. The van der Waals surface area contributed by atoms with Crippen LogP contribution in [0, 0.1) is 0 Å². The van der Waals surface area contributed by atoms with Crippen LogP contribution in [-0.4, -0.2) is 19.2 Å². The van der Waals surface area contributed by atoms with Crippen molar-refractivity contribution < 1.29 is 4.74 Å². The summed E-state index contributed by atoms with van der Waals surface area (Å²) in [4.78, 5) is 0. The summed E-state index contributed by atoms with van der Waals surface area (Å²) in [5, 5.41) is 3.41. The van der Waals surface area contributed by atoms with Crippen LogP contribution in [0.2, 0.25) is 0 Å². The summed E-state index contributed by atoms with van der Waals surface area (Å²) < 4.78 is 6.73. The quantitative estimate of drug-likeness (QED) is 0.733. The van der Waals surface area contributed by atoms with E-state index in [1.807, 2.05) is 24.3 Å². The van der Waals surface area contributed by atoms with Gasteiger partial charge in [0.15, 0.2) is 0 Å². The molecule has 0 bridgehead atoms. The van der Waals surface area contributed by atoms with Crippen LogP contribution >= 0.6 is 15.9 Å². The minimum absolute atomic E-state index is 0.589. The highest BCUT2D eigenvalue weighted by Crippen LogP contribution is 2.23. The third-order valence-corrected chi connectivity index (χ3v) is 3.12. The van der Waals surface area contributed by atoms with Crippen molar-refractivity contribution in [2.45, 2.75) is 39.2 Å². The monoisotopic (exact) mass is 299 g/mol. The summed E-state index contributed by atoms with van der Waals surface area (Å²) in [6, 6.07) is 8.57. The van der Waals surface area contributed by atoms with Gasteiger partial charge in [0.2, 0.25) is 0 Å². The van der Waals surface area contributed by atoms with Crippen LogP contribution in [0.25, 0.3) is 0 Å². The van der Waals surface area contributed by atoms with Gasteiger partial charge in [-0.1, -0.05) is 26.0 Å². The lowest BCUT2D eigenvalue weighted by Crippen LogP contribution is -2.23. The van der Waals surface area contributed by atoms with Crippen LogP contribution in [0.1, 0.15) is 33.1 Å². The number of halogens is 1. The third kappa shape index (κ3) is 6.69. The molecule has 0 aliphatic rings. The molecule has 0 heterocycles. The van der Waals surface area contributed by atoms with E-state index in [1.165, 1.54) is 12.8 Å². The van der Waals surface area contributed by atoms with Gasteiger partial charge in [0.05, 0.1) is 11.1 Å². The summed E-state index contributed by atoms with van der Waals surface area (Å²) >= 11 is 3.47. The van der Waals surface area contributed by atoms with E-state index in [0.717, 1.165) is 29.8 Å². The van der Waals surface area contributed by atoms with E-state index in [4.69, 9.17) is 4.74 Å². The molecule has 0 unspecified atom stereocenters. The Bertz CT molecular complexity index is 315. The van der Waals surface area contributed by atoms with Gasteiger partial charge < -0.3 is 10.1 Å². The largest absolute Gasteiger partial charge is 0.492 e. The molecular weight excluding hydrogens is 278 g/mol. The fourth-order valence-corrected chi connectivity index (χ4v) is 1.94. The molecule has 1 aromatic rings. The van der Waals surface area contributed by atoms with E-state index in [0.29, 0.717) is 6.04 Å². The first-order valence-electron chi connectivity index (χ1n) is 6.31. The van der Waals surface area contributed by atoms with Crippen LogP contribution in [-0.2, 0) is 0 Å². The van der Waals surface area contributed by atoms with Crippen molar-refractivity contribution in [3.05, 3.63) is 28.7 Å². The number of rotatable bonds is 8. The zero-order chi connectivity index (χ0) is 12.5.